The van der Waals surface area contributed by atoms with Gasteiger partial charge in [-0.3, -0.25) is 0 Å². The van der Waals surface area contributed by atoms with Crippen molar-refractivity contribution >= 4 is 17.2 Å². The molecule has 1 fully saturated rings. The maximum absolute atomic E-state index is 8.70. The fourth-order valence-electron chi connectivity index (χ4n) is 2.30. The first-order valence-electron chi connectivity index (χ1n) is 6.00. The molecular weight excluding hydrogens is 234 g/mol. The number of nitrogens with zero attached hydrogens (tertiary/aromatic N) is 2. The van der Waals surface area contributed by atoms with Gasteiger partial charge in [-0.15, -0.1) is 0 Å². The van der Waals surface area contributed by atoms with Gasteiger partial charge in [-0.25, -0.2) is 0 Å². The van der Waals surface area contributed by atoms with Gasteiger partial charge in [0, 0.05) is 19.0 Å². The summed E-state index contributed by atoms with van der Waals surface area (Å²) < 4.78 is 0. The van der Waals surface area contributed by atoms with Gasteiger partial charge in [-0.05, 0) is 48.2 Å². The lowest BCUT2D eigenvalue weighted by Gasteiger charge is -2.31. The van der Waals surface area contributed by atoms with Crippen LogP contribution in [-0.4, -0.2) is 35.6 Å². The lowest BCUT2D eigenvalue weighted by molar-refractivity contribution is 0.202. The third kappa shape index (κ3) is 3.44. The van der Waals surface area contributed by atoms with E-state index in [1.54, 1.807) is 11.3 Å². The molecule has 2 rings (SSSR count). The van der Waals surface area contributed by atoms with E-state index in [1.807, 2.05) is 0 Å². The van der Waals surface area contributed by atoms with Crippen molar-refractivity contribution in [3.63, 3.8) is 0 Å². The second-order valence-electron chi connectivity index (χ2n) is 4.55. The standard InChI is InChI=1S/C12H19N3OS/c13-12(14-16)11-2-1-5-15(8-11)6-3-10-4-7-17-9-10/h4,7,9,11,16H,1-3,5-6,8H2,(H2,13,14). The third-order valence-electron chi connectivity index (χ3n) is 3.34. The van der Waals surface area contributed by atoms with Crippen LogP contribution in [0.25, 0.3) is 0 Å². The van der Waals surface area contributed by atoms with Gasteiger partial charge in [-0.2, -0.15) is 11.3 Å². The van der Waals surface area contributed by atoms with E-state index < -0.39 is 0 Å². The molecule has 2 heterocycles. The molecule has 1 aromatic heterocycles. The molecular formula is C12H19N3OS. The van der Waals surface area contributed by atoms with Crippen molar-refractivity contribution in [3.05, 3.63) is 22.4 Å². The first-order valence-corrected chi connectivity index (χ1v) is 6.94. The number of rotatable bonds is 4. The molecule has 3 N–H and O–H groups in total. The molecule has 1 aliphatic rings. The van der Waals surface area contributed by atoms with Crippen molar-refractivity contribution in [2.45, 2.75) is 19.3 Å². The van der Waals surface area contributed by atoms with Crippen LogP contribution in [0.3, 0.4) is 0 Å². The van der Waals surface area contributed by atoms with E-state index in [9.17, 15) is 0 Å². The molecule has 0 saturated carbocycles. The largest absolute Gasteiger partial charge is 0.409 e. The van der Waals surface area contributed by atoms with Crippen LogP contribution in [0, 0.1) is 5.92 Å². The number of oxime groups is 1. The molecule has 0 bridgehead atoms. The molecule has 1 aliphatic heterocycles. The Morgan fingerprint density at radius 3 is 3.24 bits per heavy atom. The van der Waals surface area contributed by atoms with E-state index in [0.29, 0.717) is 5.84 Å². The summed E-state index contributed by atoms with van der Waals surface area (Å²) in [7, 11) is 0. The van der Waals surface area contributed by atoms with Gasteiger partial charge in [0.15, 0.2) is 0 Å². The van der Waals surface area contributed by atoms with Crippen LogP contribution in [0.2, 0.25) is 0 Å². The Hall–Kier alpha value is -1.07. The summed E-state index contributed by atoms with van der Waals surface area (Å²) in [5, 5.41) is 16.1. The first-order chi connectivity index (χ1) is 8.29. The zero-order valence-electron chi connectivity index (χ0n) is 9.88. The molecule has 94 valence electrons. The second-order valence-corrected chi connectivity index (χ2v) is 5.33. The molecule has 4 nitrogen and oxygen atoms in total. The van der Waals surface area contributed by atoms with Crippen molar-refractivity contribution < 1.29 is 5.21 Å². The van der Waals surface area contributed by atoms with E-state index >= 15 is 0 Å². The van der Waals surface area contributed by atoms with Gasteiger partial charge < -0.3 is 15.8 Å². The predicted octanol–water partition coefficient (Wildman–Crippen LogP) is 1.75. The number of nitrogens with two attached hydrogens (primary N) is 1. The smallest absolute Gasteiger partial charge is 0.143 e. The van der Waals surface area contributed by atoms with Crippen LogP contribution in [0.1, 0.15) is 18.4 Å². The molecule has 0 radical (unpaired) electrons. The summed E-state index contributed by atoms with van der Waals surface area (Å²) in [5.74, 6) is 0.599. The average molecular weight is 253 g/mol. The second kappa shape index (κ2) is 6.02. The molecule has 0 aliphatic carbocycles. The Morgan fingerprint density at radius 2 is 2.53 bits per heavy atom. The quantitative estimate of drug-likeness (QED) is 0.372. The van der Waals surface area contributed by atoms with Gasteiger partial charge in [-0.1, -0.05) is 5.16 Å². The lowest BCUT2D eigenvalue weighted by Crippen LogP contribution is -2.42. The van der Waals surface area contributed by atoms with Gasteiger partial charge in [0.1, 0.15) is 5.84 Å². The summed E-state index contributed by atoms with van der Waals surface area (Å²) in [4.78, 5) is 2.41. The van der Waals surface area contributed by atoms with Crippen LogP contribution in [-0.2, 0) is 6.42 Å². The highest BCUT2D eigenvalue weighted by Crippen LogP contribution is 2.17. The minimum atomic E-state index is 0.219. The Balaban J connectivity index is 1.81. The van der Waals surface area contributed by atoms with Crippen LogP contribution in [0.15, 0.2) is 22.0 Å². The molecule has 0 amide bonds. The number of thiophene rings is 1. The van der Waals surface area contributed by atoms with Crippen molar-refractivity contribution in [3.8, 4) is 0 Å². The Bertz CT molecular complexity index is 364. The Morgan fingerprint density at radius 1 is 1.65 bits per heavy atom. The Kier molecular flexibility index (Phi) is 4.39. The summed E-state index contributed by atoms with van der Waals surface area (Å²) in [6, 6.07) is 2.18. The van der Waals surface area contributed by atoms with Gasteiger partial charge >= 0.3 is 0 Å². The molecule has 1 aromatic rings. The molecule has 5 heteroatoms. The number of hydrogen-bond acceptors (Lipinski definition) is 4. The van der Waals surface area contributed by atoms with Crippen LogP contribution < -0.4 is 5.73 Å². The van der Waals surface area contributed by atoms with Gasteiger partial charge in [0.25, 0.3) is 0 Å². The van der Waals surface area contributed by atoms with Crippen molar-refractivity contribution in [2.24, 2.45) is 16.8 Å². The van der Waals surface area contributed by atoms with Crippen LogP contribution in [0.4, 0.5) is 0 Å². The number of hydrogen-bond donors (Lipinski definition) is 2. The number of piperidine rings is 1. The minimum Gasteiger partial charge on any atom is -0.409 e. The van der Waals surface area contributed by atoms with Crippen LogP contribution in [0.5, 0.6) is 0 Å². The summed E-state index contributed by atoms with van der Waals surface area (Å²) >= 11 is 1.74. The Labute approximate surface area is 106 Å². The minimum absolute atomic E-state index is 0.219. The summed E-state index contributed by atoms with van der Waals surface area (Å²) in [6.07, 6.45) is 3.25. The van der Waals surface area contributed by atoms with E-state index in [-0.39, 0.29) is 5.92 Å². The van der Waals surface area contributed by atoms with E-state index in [4.69, 9.17) is 10.9 Å². The predicted molar refractivity (Wildman–Crippen MR) is 70.6 cm³/mol. The van der Waals surface area contributed by atoms with Crippen molar-refractivity contribution in [1.29, 1.82) is 0 Å². The maximum Gasteiger partial charge on any atom is 0.143 e. The topological polar surface area (TPSA) is 61.9 Å². The summed E-state index contributed by atoms with van der Waals surface area (Å²) in [6.45, 7) is 3.10. The zero-order chi connectivity index (χ0) is 12.1. The molecule has 1 unspecified atom stereocenters. The molecule has 17 heavy (non-hydrogen) atoms. The van der Waals surface area contributed by atoms with Crippen LogP contribution >= 0.6 is 11.3 Å². The molecule has 0 aromatic carbocycles. The monoisotopic (exact) mass is 253 g/mol. The van der Waals surface area contributed by atoms with Gasteiger partial charge in [0.2, 0.25) is 0 Å². The van der Waals surface area contributed by atoms with E-state index in [0.717, 1.165) is 38.9 Å². The lowest BCUT2D eigenvalue weighted by atomic mass is 9.97. The van der Waals surface area contributed by atoms with E-state index in [1.165, 1.54) is 5.56 Å². The highest BCUT2D eigenvalue weighted by molar-refractivity contribution is 7.07. The fraction of sp³-hybridized carbons (Fsp3) is 0.583. The molecule has 1 atom stereocenters. The molecule has 0 spiro atoms. The number of likely N-dealkylation sites (tertiary alicyclic amines) is 1. The fourth-order valence-corrected chi connectivity index (χ4v) is 3.01. The zero-order valence-corrected chi connectivity index (χ0v) is 10.7. The SMILES string of the molecule is NC(=NO)C1CCCN(CCc2ccsc2)C1. The normalized spacial score (nSPS) is 22.8. The van der Waals surface area contributed by atoms with Gasteiger partial charge in [0.05, 0.1) is 0 Å². The highest BCUT2D eigenvalue weighted by Gasteiger charge is 2.22. The van der Waals surface area contributed by atoms with Crippen molar-refractivity contribution in [1.82, 2.24) is 4.90 Å². The molecule has 1 saturated heterocycles. The number of amidine groups is 1. The highest BCUT2D eigenvalue weighted by atomic mass is 32.1. The third-order valence-corrected chi connectivity index (χ3v) is 4.07. The summed E-state index contributed by atoms with van der Waals surface area (Å²) in [5.41, 5.74) is 7.08. The average Bonchev–Trinajstić information content (AvgIpc) is 2.89. The first kappa shape index (κ1) is 12.4. The van der Waals surface area contributed by atoms with E-state index in [2.05, 4.69) is 26.9 Å². The maximum atomic E-state index is 8.70. The van der Waals surface area contributed by atoms with Crippen molar-refractivity contribution in [2.75, 3.05) is 19.6 Å².